The highest BCUT2D eigenvalue weighted by molar-refractivity contribution is 5.94. The zero-order valence-corrected chi connectivity index (χ0v) is 32.3. The molecule has 1 aromatic heterocycles. The number of carbonyl (C=O) groups excluding carboxylic acids is 4. The summed E-state index contributed by atoms with van der Waals surface area (Å²) in [5.41, 5.74) is 2.15. The Morgan fingerprint density at radius 2 is 1.55 bits per heavy atom. The molecule has 3 amide bonds. The second kappa shape index (κ2) is 18.9. The molecular weight excluding hydrogens is 704 g/mol. The van der Waals surface area contributed by atoms with Gasteiger partial charge in [-0.3, -0.25) is 14.4 Å². The fourth-order valence-electron chi connectivity index (χ4n) is 7.83. The number of carbonyl (C=O) groups is 5. The molecule has 2 aliphatic rings. The Morgan fingerprint density at radius 3 is 2.15 bits per heavy atom. The van der Waals surface area contributed by atoms with Gasteiger partial charge in [-0.05, 0) is 56.1 Å². The van der Waals surface area contributed by atoms with E-state index in [4.69, 9.17) is 19.2 Å². The Kier molecular flexibility index (Phi) is 14.1. The Hall–Kier alpha value is -5.20. The van der Waals surface area contributed by atoms with E-state index in [2.05, 4.69) is 16.0 Å². The number of hydrogen-bond donors (Lipinski definition) is 4. The van der Waals surface area contributed by atoms with Crippen LogP contribution in [-0.4, -0.2) is 78.2 Å². The van der Waals surface area contributed by atoms with Gasteiger partial charge in [0.2, 0.25) is 17.7 Å². The molecule has 2 aliphatic carbocycles. The van der Waals surface area contributed by atoms with Gasteiger partial charge in [0.1, 0.15) is 35.7 Å². The second-order valence-corrected chi connectivity index (χ2v) is 15.0. The van der Waals surface area contributed by atoms with Gasteiger partial charge in [0.05, 0.1) is 37.3 Å². The first-order valence-corrected chi connectivity index (χ1v) is 19.4. The predicted molar refractivity (Wildman–Crippen MR) is 206 cm³/mol. The molecule has 296 valence electrons. The topological polar surface area (TPSA) is 182 Å². The number of carboxylic acids is 1. The van der Waals surface area contributed by atoms with Crippen molar-refractivity contribution in [2.75, 3.05) is 14.2 Å². The number of rotatable bonds is 16. The summed E-state index contributed by atoms with van der Waals surface area (Å²) in [6, 6.07) is 13.9. The van der Waals surface area contributed by atoms with E-state index >= 15 is 0 Å². The summed E-state index contributed by atoms with van der Waals surface area (Å²) >= 11 is 0. The summed E-state index contributed by atoms with van der Waals surface area (Å²) in [6.45, 7) is 5.41. The van der Waals surface area contributed by atoms with E-state index in [1.807, 2.05) is 55.5 Å². The summed E-state index contributed by atoms with van der Waals surface area (Å²) < 4.78 is 17.2. The van der Waals surface area contributed by atoms with Crippen LogP contribution >= 0.6 is 0 Å². The van der Waals surface area contributed by atoms with Crippen LogP contribution in [0.1, 0.15) is 78.6 Å². The fraction of sp³-hybridized carbons (Fsp3) is 0.524. The summed E-state index contributed by atoms with van der Waals surface area (Å²) in [6.07, 6.45) is 4.88. The first-order valence-electron chi connectivity index (χ1n) is 19.4. The first kappa shape index (κ1) is 41.0. The van der Waals surface area contributed by atoms with Crippen molar-refractivity contribution in [3.05, 3.63) is 54.6 Å². The maximum Gasteiger partial charge on any atom is 0.328 e. The predicted octanol–water partition coefficient (Wildman–Crippen LogP) is 5.43. The van der Waals surface area contributed by atoms with E-state index in [0.717, 1.165) is 37.7 Å². The number of hydrogen-bond acceptors (Lipinski definition) is 9. The van der Waals surface area contributed by atoms with Crippen LogP contribution < -0.4 is 25.4 Å². The Labute approximate surface area is 322 Å². The SMILES string of the molecule is CCC[C@H](NC(=O)[C@@H]1C[C@H](Oc2cc(-c3ccccc3)nc3cc(OC)ccc23)C[C@@H]1C(=O)N[C@H](C(=O)NC(C(=O)OC)C1CCCCC1)C(C)C)C(=O)O. The minimum atomic E-state index is -1.16. The molecule has 5 rings (SSSR count). The van der Waals surface area contributed by atoms with Crippen LogP contribution in [0.5, 0.6) is 11.5 Å². The van der Waals surface area contributed by atoms with Crippen molar-refractivity contribution in [1.82, 2.24) is 20.9 Å². The molecule has 0 radical (unpaired) electrons. The molecule has 1 unspecified atom stereocenters. The van der Waals surface area contributed by atoms with Crippen molar-refractivity contribution in [3.63, 3.8) is 0 Å². The lowest BCUT2D eigenvalue weighted by Gasteiger charge is -2.31. The number of benzene rings is 2. The molecule has 2 aromatic carbocycles. The fourth-order valence-corrected chi connectivity index (χ4v) is 7.83. The van der Waals surface area contributed by atoms with E-state index in [1.165, 1.54) is 7.11 Å². The second-order valence-electron chi connectivity index (χ2n) is 15.0. The van der Waals surface area contributed by atoms with Crippen molar-refractivity contribution in [2.24, 2.45) is 23.7 Å². The largest absolute Gasteiger partial charge is 0.497 e. The number of fused-ring (bicyclic) bond motifs is 1. The molecule has 6 atom stereocenters. The van der Waals surface area contributed by atoms with E-state index < -0.39 is 65.7 Å². The minimum Gasteiger partial charge on any atom is -0.497 e. The van der Waals surface area contributed by atoms with Gasteiger partial charge in [-0.15, -0.1) is 0 Å². The van der Waals surface area contributed by atoms with Gasteiger partial charge in [0.25, 0.3) is 0 Å². The molecule has 2 fully saturated rings. The number of pyridine rings is 1. The number of carboxylic acid groups (broad SMARTS) is 1. The van der Waals surface area contributed by atoms with Crippen molar-refractivity contribution in [1.29, 1.82) is 0 Å². The highest BCUT2D eigenvalue weighted by atomic mass is 16.5. The van der Waals surface area contributed by atoms with E-state index in [0.29, 0.717) is 34.5 Å². The lowest BCUT2D eigenvalue weighted by molar-refractivity contribution is -0.147. The highest BCUT2D eigenvalue weighted by Crippen LogP contribution is 2.39. The molecule has 4 N–H and O–H groups in total. The van der Waals surface area contributed by atoms with Crippen molar-refractivity contribution in [3.8, 4) is 22.8 Å². The number of nitrogens with zero attached hydrogens (tertiary/aromatic N) is 1. The van der Waals surface area contributed by atoms with Crippen molar-refractivity contribution in [2.45, 2.75) is 103 Å². The van der Waals surface area contributed by atoms with Crippen LogP contribution in [-0.2, 0) is 28.7 Å². The quantitative estimate of drug-likeness (QED) is 0.138. The number of aromatic nitrogens is 1. The monoisotopic (exact) mass is 758 g/mol. The molecule has 1 heterocycles. The number of ether oxygens (including phenoxy) is 3. The van der Waals surface area contributed by atoms with Gasteiger partial charge in [0.15, 0.2) is 0 Å². The lowest BCUT2D eigenvalue weighted by Crippen LogP contribution is -2.57. The molecule has 13 nitrogen and oxygen atoms in total. The normalized spacial score (nSPS) is 20.2. The first-order chi connectivity index (χ1) is 26.4. The van der Waals surface area contributed by atoms with E-state index in [-0.39, 0.29) is 31.1 Å². The van der Waals surface area contributed by atoms with E-state index in [1.54, 1.807) is 27.0 Å². The third kappa shape index (κ3) is 10.1. The molecule has 55 heavy (non-hydrogen) atoms. The van der Waals surface area contributed by atoms with Crippen molar-refractivity contribution < 1.29 is 43.3 Å². The lowest BCUT2D eigenvalue weighted by atomic mass is 9.83. The average Bonchev–Trinajstić information content (AvgIpc) is 3.62. The van der Waals surface area contributed by atoms with Crippen LogP contribution in [0.15, 0.2) is 54.6 Å². The van der Waals surface area contributed by atoms with Crippen LogP contribution in [0, 0.1) is 23.7 Å². The molecule has 0 saturated heterocycles. The average molecular weight is 759 g/mol. The molecule has 13 heteroatoms. The number of amides is 3. The Bertz CT molecular complexity index is 1830. The summed E-state index contributed by atoms with van der Waals surface area (Å²) in [4.78, 5) is 71.7. The van der Waals surface area contributed by atoms with Gasteiger partial charge in [-0.2, -0.15) is 0 Å². The zero-order chi connectivity index (χ0) is 39.6. The maximum absolute atomic E-state index is 14.3. The zero-order valence-electron chi connectivity index (χ0n) is 32.3. The number of aliphatic carboxylic acids is 1. The molecule has 0 bridgehead atoms. The van der Waals surface area contributed by atoms with Gasteiger partial charge < -0.3 is 35.3 Å². The number of methoxy groups -OCH3 is 2. The Balaban J connectivity index is 1.43. The maximum atomic E-state index is 14.3. The van der Waals surface area contributed by atoms with Gasteiger partial charge in [-0.25, -0.2) is 14.6 Å². The smallest absolute Gasteiger partial charge is 0.328 e. The highest BCUT2D eigenvalue weighted by Gasteiger charge is 2.46. The molecular formula is C42H54N4O9. The molecule has 0 spiro atoms. The number of nitrogens with one attached hydrogen (secondary N) is 3. The van der Waals surface area contributed by atoms with Gasteiger partial charge >= 0.3 is 11.9 Å². The molecule has 2 saturated carbocycles. The third-order valence-corrected chi connectivity index (χ3v) is 10.8. The van der Waals surface area contributed by atoms with Crippen molar-refractivity contribution >= 4 is 40.6 Å². The third-order valence-electron chi connectivity index (χ3n) is 10.8. The van der Waals surface area contributed by atoms with Gasteiger partial charge in [-0.1, -0.05) is 76.8 Å². The molecule has 0 aliphatic heterocycles. The Morgan fingerprint density at radius 1 is 0.873 bits per heavy atom. The van der Waals surface area contributed by atoms with Crippen LogP contribution in [0.3, 0.4) is 0 Å². The summed E-state index contributed by atoms with van der Waals surface area (Å²) in [5, 5.41) is 19.0. The standard InChI is InChI=1S/C42H54N4O9/c1-6-13-32(41(50)51)44-38(47)30-20-28(55-35-23-33(25-14-9-7-10-15-25)43-34-22-27(53-4)18-19-29(34)35)21-31(30)39(48)45-36(24(2)3)40(49)46-37(42(52)54-5)26-16-11-8-12-17-26/h7,9-10,14-15,18-19,22-24,26,28,30-32,36-37H,6,8,11-13,16-17,20-21H2,1-5H3,(H,44,47)(H,45,48)(H,46,49)(H,50,51)/t28-,30+,31-,32-,36-,37?/m0/s1. The van der Waals surface area contributed by atoms with Crippen LogP contribution in [0.2, 0.25) is 0 Å². The summed E-state index contributed by atoms with van der Waals surface area (Å²) in [5.74, 6) is -4.55. The number of esters is 1. The van der Waals surface area contributed by atoms with E-state index in [9.17, 15) is 29.1 Å². The van der Waals surface area contributed by atoms with Crippen LogP contribution in [0.25, 0.3) is 22.2 Å². The van der Waals surface area contributed by atoms with Gasteiger partial charge in [0, 0.05) is 23.1 Å². The van der Waals surface area contributed by atoms with Crippen LogP contribution in [0.4, 0.5) is 0 Å². The molecule has 3 aromatic rings. The minimum absolute atomic E-state index is 0.0763. The summed E-state index contributed by atoms with van der Waals surface area (Å²) in [7, 11) is 2.87.